The molecule has 1 aliphatic rings. The molecular weight excluding hydrogens is 496 g/mol. The molecule has 0 aromatic carbocycles. The Morgan fingerprint density at radius 3 is 1.79 bits per heavy atom. The second-order valence-electron chi connectivity index (χ2n) is 10.2. The van der Waals surface area contributed by atoms with E-state index < -0.39 is 49.4 Å². The molecule has 1 saturated heterocycles. The third-order valence-electron chi connectivity index (χ3n) is 6.74. The van der Waals surface area contributed by atoms with Crippen molar-refractivity contribution >= 4 is 11.9 Å². The summed E-state index contributed by atoms with van der Waals surface area (Å²) in [5.41, 5.74) is 0. The van der Waals surface area contributed by atoms with Crippen LogP contribution < -0.4 is 0 Å². The highest BCUT2D eigenvalue weighted by atomic mass is 16.7. The van der Waals surface area contributed by atoms with E-state index in [2.05, 4.69) is 13.8 Å². The maximum absolute atomic E-state index is 12.4. The van der Waals surface area contributed by atoms with Gasteiger partial charge < -0.3 is 39.4 Å². The number of carbonyl (C=O) groups is 2. The van der Waals surface area contributed by atoms with Gasteiger partial charge in [-0.25, -0.2) is 0 Å². The number of hydrogen-bond donors (Lipinski definition) is 4. The lowest BCUT2D eigenvalue weighted by atomic mass is 9.99. The van der Waals surface area contributed by atoms with Gasteiger partial charge in [-0.1, -0.05) is 84.5 Å². The van der Waals surface area contributed by atoms with Crippen LogP contribution in [0, 0.1) is 0 Å². The SMILES string of the molecule is CCCCCCCCCCC(=O)OC[C@H](CO[C@@H]1O[C@H](CO)[C@H](O)[C@H](O)[C@H]1O)OC(=O)CCCCCCC. The minimum atomic E-state index is -1.58. The van der Waals surface area contributed by atoms with E-state index in [0.717, 1.165) is 44.9 Å². The van der Waals surface area contributed by atoms with Crippen LogP contribution >= 0.6 is 0 Å². The lowest BCUT2D eigenvalue weighted by Gasteiger charge is -2.39. The summed E-state index contributed by atoms with van der Waals surface area (Å²) in [6.07, 6.45) is 6.18. The summed E-state index contributed by atoms with van der Waals surface area (Å²) >= 11 is 0. The Balaban J connectivity index is 2.51. The average molecular weight is 549 g/mol. The van der Waals surface area contributed by atoms with Crippen LogP contribution in [0.15, 0.2) is 0 Å². The smallest absolute Gasteiger partial charge is 0.306 e. The van der Waals surface area contributed by atoms with Gasteiger partial charge in [0, 0.05) is 12.8 Å². The molecule has 1 aliphatic heterocycles. The number of aliphatic hydroxyl groups is 4. The van der Waals surface area contributed by atoms with E-state index in [-0.39, 0.29) is 32.0 Å². The van der Waals surface area contributed by atoms with Gasteiger partial charge >= 0.3 is 11.9 Å². The minimum Gasteiger partial charge on any atom is -0.462 e. The summed E-state index contributed by atoms with van der Waals surface area (Å²) in [6, 6.07) is 0. The van der Waals surface area contributed by atoms with Gasteiger partial charge in [0.15, 0.2) is 12.4 Å². The molecule has 6 atom stereocenters. The zero-order valence-electron chi connectivity index (χ0n) is 23.4. The zero-order valence-corrected chi connectivity index (χ0v) is 23.4. The van der Waals surface area contributed by atoms with Crippen LogP contribution in [0.2, 0.25) is 0 Å². The van der Waals surface area contributed by atoms with Crippen LogP contribution in [0.4, 0.5) is 0 Å². The number of carbonyl (C=O) groups excluding carboxylic acids is 2. The topological polar surface area (TPSA) is 152 Å². The fourth-order valence-corrected chi connectivity index (χ4v) is 4.30. The predicted molar refractivity (Wildman–Crippen MR) is 141 cm³/mol. The Hall–Kier alpha value is -1.30. The highest BCUT2D eigenvalue weighted by Gasteiger charge is 2.44. The first kappa shape index (κ1) is 34.7. The molecule has 0 spiro atoms. The van der Waals surface area contributed by atoms with Crippen molar-refractivity contribution < 1.29 is 49.0 Å². The first-order chi connectivity index (χ1) is 18.3. The first-order valence-electron chi connectivity index (χ1n) is 14.6. The number of esters is 2. The van der Waals surface area contributed by atoms with E-state index in [0.29, 0.717) is 6.42 Å². The number of hydrogen-bond acceptors (Lipinski definition) is 10. The molecule has 1 fully saturated rings. The Bertz CT molecular complexity index is 614. The van der Waals surface area contributed by atoms with E-state index in [1.807, 2.05) is 0 Å². The summed E-state index contributed by atoms with van der Waals surface area (Å²) in [6.45, 7) is 3.24. The lowest BCUT2D eigenvalue weighted by Crippen LogP contribution is -2.59. The van der Waals surface area contributed by atoms with Gasteiger partial charge in [-0.2, -0.15) is 0 Å². The van der Waals surface area contributed by atoms with Gasteiger partial charge in [-0.05, 0) is 12.8 Å². The van der Waals surface area contributed by atoms with E-state index in [1.165, 1.54) is 32.1 Å². The maximum atomic E-state index is 12.4. The predicted octanol–water partition coefficient (Wildman–Crippen LogP) is 3.15. The molecule has 0 unspecified atom stereocenters. The fourth-order valence-electron chi connectivity index (χ4n) is 4.30. The summed E-state index contributed by atoms with van der Waals surface area (Å²) in [4.78, 5) is 24.6. The summed E-state index contributed by atoms with van der Waals surface area (Å²) in [5, 5.41) is 39.4. The second kappa shape index (κ2) is 21.5. The molecule has 1 rings (SSSR count). The molecule has 0 aromatic heterocycles. The Kier molecular flexibility index (Phi) is 19.7. The quantitative estimate of drug-likeness (QED) is 0.117. The molecular formula is C28H52O10. The van der Waals surface area contributed by atoms with Crippen molar-refractivity contribution in [3.05, 3.63) is 0 Å². The molecule has 0 saturated carbocycles. The van der Waals surface area contributed by atoms with Crippen LogP contribution in [-0.4, -0.2) is 89.0 Å². The van der Waals surface area contributed by atoms with Gasteiger partial charge in [-0.3, -0.25) is 9.59 Å². The molecule has 224 valence electrons. The molecule has 0 radical (unpaired) electrons. The van der Waals surface area contributed by atoms with Crippen LogP contribution in [0.1, 0.15) is 110 Å². The van der Waals surface area contributed by atoms with Gasteiger partial charge in [-0.15, -0.1) is 0 Å². The number of rotatable bonds is 22. The molecule has 4 N–H and O–H groups in total. The minimum absolute atomic E-state index is 0.213. The molecule has 0 bridgehead atoms. The van der Waals surface area contributed by atoms with E-state index in [4.69, 9.17) is 18.9 Å². The molecule has 10 heteroatoms. The van der Waals surface area contributed by atoms with Gasteiger partial charge in [0.05, 0.1) is 13.2 Å². The van der Waals surface area contributed by atoms with Crippen molar-refractivity contribution in [2.75, 3.05) is 19.8 Å². The van der Waals surface area contributed by atoms with Crippen molar-refractivity contribution in [1.82, 2.24) is 0 Å². The second-order valence-corrected chi connectivity index (χ2v) is 10.2. The molecule has 0 aromatic rings. The summed E-state index contributed by atoms with van der Waals surface area (Å²) in [5.74, 6) is -0.826. The largest absolute Gasteiger partial charge is 0.462 e. The van der Waals surface area contributed by atoms with Crippen molar-refractivity contribution in [3.63, 3.8) is 0 Å². The van der Waals surface area contributed by atoms with Gasteiger partial charge in [0.2, 0.25) is 0 Å². The Labute approximate surface area is 228 Å². The fraction of sp³-hybridized carbons (Fsp3) is 0.929. The summed E-state index contributed by atoms with van der Waals surface area (Å²) in [7, 11) is 0. The van der Waals surface area contributed by atoms with Crippen molar-refractivity contribution in [1.29, 1.82) is 0 Å². The highest BCUT2D eigenvalue weighted by Crippen LogP contribution is 2.22. The average Bonchev–Trinajstić information content (AvgIpc) is 2.91. The third kappa shape index (κ3) is 14.7. The standard InChI is InChI=1S/C28H52O10/c1-3-5-7-9-10-11-13-14-16-23(30)35-19-21(37-24(31)17-15-12-8-6-4-2)20-36-28-27(34)26(33)25(32)22(18-29)38-28/h21-22,25-29,32-34H,3-20H2,1-2H3/t21-,22-,25+,26+,27-,28-/m1/s1. The van der Waals surface area contributed by atoms with Gasteiger partial charge in [0.25, 0.3) is 0 Å². The van der Waals surface area contributed by atoms with Crippen molar-refractivity contribution in [3.8, 4) is 0 Å². The molecule has 0 amide bonds. The number of aliphatic hydroxyl groups excluding tert-OH is 4. The zero-order chi connectivity index (χ0) is 28.2. The molecule has 10 nitrogen and oxygen atoms in total. The van der Waals surface area contributed by atoms with E-state index in [9.17, 15) is 30.0 Å². The Morgan fingerprint density at radius 1 is 0.711 bits per heavy atom. The van der Waals surface area contributed by atoms with E-state index in [1.54, 1.807) is 0 Å². The monoisotopic (exact) mass is 548 g/mol. The number of ether oxygens (including phenoxy) is 4. The first-order valence-corrected chi connectivity index (χ1v) is 14.6. The molecule has 1 heterocycles. The lowest BCUT2D eigenvalue weighted by molar-refractivity contribution is -0.305. The maximum Gasteiger partial charge on any atom is 0.306 e. The molecule has 38 heavy (non-hydrogen) atoms. The van der Waals surface area contributed by atoms with Crippen molar-refractivity contribution in [2.24, 2.45) is 0 Å². The van der Waals surface area contributed by atoms with Crippen LogP contribution in [0.5, 0.6) is 0 Å². The molecule has 0 aliphatic carbocycles. The third-order valence-corrected chi connectivity index (χ3v) is 6.74. The number of unbranched alkanes of at least 4 members (excludes halogenated alkanes) is 11. The Morgan fingerprint density at radius 2 is 1.24 bits per heavy atom. The van der Waals surface area contributed by atoms with Crippen LogP contribution in [0.25, 0.3) is 0 Å². The van der Waals surface area contributed by atoms with Crippen LogP contribution in [0.3, 0.4) is 0 Å². The highest BCUT2D eigenvalue weighted by molar-refractivity contribution is 5.70. The van der Waals surface area contributed by atoms with Gasteiger partial charge in [0.1, 0.15) is 31.0 Å². The normalized spacial score (nSPS) is 24.2. The van der Waals surface area contributed by atoms with Crippen molar-refractivity contribution in [2.45, 2.75) is 147 Å². The van der Waals surface area contributed by atoms with Crippen LogP contribution in [-0.2, 0) is 28.5 Å². The van der Waals surface area contributed by atoms with E-state index >= 15 is 0 Å². The summed E-state index contributed by atoms with van der Waals surface area (Å²) < 4.78 is 21.7.